The van der Waals surface area contributed by atoms with Gasteiger partial charge in [0.1, 0.15) is 11.6 Å². The normalized spacial score (nSPS) is 15.1. The van der Waals surface area contributed by atoms with Gasteiger partial charge in [-0.3, -0.25) is 19.4 Å². The maximum atomic E-state index is 13.4. The first-order chi connectivity index (χ1) is 14.8. The van der Waals surface area contributed by atoms with E-state index in [-0.39, 0.29) is 29.4 Å². The third-order valence-electron chi connectivity index (χ3n) is 4.56. The molecule has 158 valence electrons. The van der Waals surface area contributed by atoms with Gasteiger partial charge in [0.05, 0.1) is 11.5 Å². The van der Waals surface area contributed by atoms with E-state index in [1.54, 1.807) is 0 Å². The van der Waals surface area contributed by atoms with Crippen molar-refractivity contribution in [1.29, 1.82) is 0 Å². The maximum absolute atomic E-state index is 13.4. The first-order valence-electron chi connectivity index (χ1n) is 9.03. The van der Waals surface area contributed by atoms with Crippen molar-refractivity contribution in [2.45, 2.75) is 12.3 Å². The number of H-pyrrole nitrogens is 1. The minimum atomic E-state index is -1.20. The summed E-state index contributed by atoms with van der Waals surface area (Å²) < 4.78 is 39.5. The molecular weight excluding hydrogens is 415 g/mol. The number of carbonyl (C=O) groups excluding carboxylic acids is 2. The number of anilines is 4. The Labute approximate surface area is 172 Å². The Bertz CT molecular complexity index is 1240. The first-order valence-corrected chi connectivity index (χ1v) is 9.03. The number of amides is 2. The summed E-state index contributed by atoms with van der Waals surface area (Å²) in [4.78, 5) is 44.0. The molecule has 0 spiro atoms. The Morgan fingerprint density at radius 2 is 1.71 bits per heavy atom. The SMILES string of the molecule is O=C1CC(C(=O)Nc2ccc(F)c(F)c2)c2c(nc(Nc3ccc(F)cc3)[nH]c2=O)N1. The van der Waals surface area contributed by atoms with Crippen LogP contribution in [0.15, 0.2) is 47.3 Å². The van der Waals surface area contributed by atoms with Gasteiger partial charge < -0.3 is 16.0 Å². The van der Waals surface area contributed by atoms with E-state index < -0.39 is 40.7 Å². The number of nitrogens with one attached hydrogen (secondary N) is 4. The Hall–Kier alpha value is -4.15. The van der Waals surface area contributed by atoms with E-state index >= 15 is 0 Å². The van der Waals surface area contributed by atoms with E-state index in [1.165, 1.54) is 24.3 Å². The zero-order valence-electron chi connectivity index (χ0n) is 15.6. The molecule has 0 bridgehead atoms. The standard InChI is InChI=1S/C20H14F3N5O3/c21-9-1-3-10(4-2-9)25-20-27-17-16(19(31)28-20)12(8-15(29)26-17)18(30)24-11-5-6-13(22)14(23)7-11/h1-7,12H,8H2,(H,24,30)(H3,25,26,27,28,29,31). The summed E-state index contributed by atoms with van der Waals surface area (Å²) in [6.07, 6.45) is -0.335. The number of aromatic amines is 1. The van der Waals surface area contributed by atoms with E-state index in [0.29, 0.717) is 5.69 Å². The highest BCUT2D eigenvalue weighted by Crippen LogP contribution is 2.30. The molecule has 8 nitrogen and oxygen atoms in total. The fourth-order valence-electron chi connectivity index (χ4n) is 3.13. The lowest BCUT2D eigenvalue weighted by Crippen LogP contribution is -2.36. The molecule has 1 atom stereocenters. The van der Waals surface area contributed by atoms with Gasteiger partial charge in [-0.2, -0.15) is 4.98 Å². The second kappa shape index (κ2) is 7.94. The average molecular weight is 429 g/mol. The molecule has 1 aliphatic heterocycles. The molecule has 2 aromatic carbocycles. The van der Waals surface area contributed by atoms with Crippen LogP contribution in [0.1, 0.15) is 17.9 Å². The molecule has 4 rings (SSSR count). The van der Waals surface area contributed by atoms with Gasteiger partial charge in [0.15, 0.2) is 11.6 Å². The van der Waals surface area contributed by atoms with Crippen molar-refractivity contribution >= 4 is 35.0 Å². The smallest absolute Gasteiger partial charge is 0.258 e. The van der Waals surface area contributed by atoms with Gasteiger partial charge in [0.25, 0.3) is 5.56 Å². The highest BCUT2D eigenvalue weighted by Gasteiger charge is 2.34. The van der Waals surface area contributed by atoms with E-state index in [9.17, 15) is 27.6 Å². The van der Waals surface area contributed by atoms with Crippen LogP contribution in [-0.2, 0) is 9.59 Å². The van der Waals surface area contributed by atoms with Crippen molar-refractivity contribution in [2.75, 3.05) is 16.0 Å². The quantitative estimate of drug-likeness (QED) is 0.509. The Kier molecular flexibility index (Phi) is 5.15. The maximum Gasteiger partial charge on any atom is 0.258 e. The van der Waals surface area contributed by atoms with Crippen LogP contribution >= 0.6 is 0 Å². The largest absolute Gasteiger partial charge is 0.326 e. The first kappa shape index (κ1) is 20.1. The van der Waals surface area contributed by atoms with Crippen LogP contribution in [0.25, 0.3) is 0 Å². The van der Waals surface area contributed by atoms with Gasteiger partial charge in [0, 0.05) is 23.9 Å². The lowest BCUT2D eigenvalue weighted by atomic mass is 9.92. The molecule has 0 fully saturated rings. The molecule has 0 saturated heterocycles. The number of hydrogen-bond acceptors (Lipinski definition) is 5. The number of hydrogen-bond donors (Lipinski definition) is 4. The molecule has 1 aromatic heterocycles. The molecule has 0 aliphatic carbocycles. The number of benzene rings is 2. The zero-order valence-corrected chi connectivity index (χ0v) is 15.6. The molecule has 2 heterocycles. The van der Waals surface area contributed by atoms with E-state index in [4.69, 9.17) is 0 Å². The molecule has 3 aromatic rings. The van der Waals surface area contributed by atoms with E-state index in [0.717, 1.165) is 18.2 Å². The molecular formula is C20H14F3N5O3. The van der Waals surface area contributed by atoms with Crippen LogP contribution in [0.4, 0.5) is 36.3 Å². The third-order valence-corrected chi connectivity index (χ3v) is 4.56. The summed E-state index contributed by atoms with van der Waals surface area (Å²) in [5.41, 5.74) is -0.362. The van der Waals surface area contributed by atoms with Gasteiger partial charge >= 0.3 is 0 Å². The predicted octanol–water partition coefficient (Wildman–Crippen LogP) is 3.00. The van der Waals surface area contributed by atoms with Crippen LogP contribution < -0.4 is 21.5 Å². The van der Waals surface area contributed by atoms with Crippen LogP contribution in [0.5, 0.6) is 0 Å². The molecule has 11 heteroatoms. The number of fused-ring (bicyclic) bond motifs is 1. The van der Waals surface area contributed by atoms with Crippen molar-refractivity contribution in [3.05, 3.63) is 75.8 Å². The zero-order chi connectivity index (χ0) is 22.1. The van der Waals surface area contributed by atoms with Crippen molar-refractivity contribution in [2.24, 2.45) is 0 Å². The summed E-state index contributed by atoms with van der Waals surface area (Å²) in [6.45, 7) is 0. The van der Waals surface area contributed by atoms with Gasteiger partial charge in [-0.15, -0.1) is 0 Å². The van der Waals surface area contributed by atoms with Crippen LogP contribution in [-0.4, -0.2) is 21.8 Å². The minimum Gasteiger partial charge on any atom is -0.326 e. The summed E-state index contributed by atoms with van der Waals surface area (Å²) in [5.74, 6) is -5.34. The Morgan fingerprint density at radius 3 is 2.42 bits per heavy atom. The third kappa shape index (κ3) is 4.25. The lowest BCUT2D eigenvalue weighted by molar-refractivity contribution is -0.123. The Balaban J connectivity index is 1.63. The minimum absolute atomic E-state index is 0.0303. The van der Waals surface area contributed by atoms with Gasteiger partial charge in [0.2, 0.25) is 17.8 Å². The fourth-order valence-corrected chi connectivity index (χ4v) is 3.13. The molecule has 1 aliphatic rings. The highest BCUT2D eigenvalue weighted by atomic mass is 19.2. The predicted molar refractivity (Wildman–Crippen MR) is 106 cm³/mol. The molecule has 0 saturated carbocycles. The molecule has 1 unspecified atom stereocenters. The number of rotatable bonds is 4. The second-order valence-corrected chi connectivity index (χ2v) is 6.73. The monoisotopic (exact) mass is 429 g/mol. The van der Waals surface area contributed by atoms with Gasteiger partial charge in [-0.1, -0.05) is 0 Å². The number of carbonyl (C=O) groups is 2. The van der Waals surface area contributed by atoms with Gasteiger partial charge in [-0.25, -0.2) is 13.2 Å². The van der Waals surface area contributed by atoms with Crippen LogP contribution in [0, 0.1) is 17.5 Å². The number of nitrogens with zero attached hydrogens (tertiary/aromatic N) is 1. The van der Waals surface area contributed by atoms with Gasteiger partial charge in [-0.05, 0) is 36.4 Å². The van der Waals surface area contributed by atoms with Crippen LogP contribution in [0.2, 0.25) is 0 Å². The molecule has 4 N–H and O–H groups in total. The van der Waals surface area contributed by atoms with E-state index in [1.807, 2.05) is 0 Å². The Morgan fingerprint density at radius 1 is 1.00 bits per heavy atom. The summed E-state index contributed by atoms with van der Waals surface area (Å²) >= 11 is 0. The molecule has 0 radical (unpaired) electrons. The average Bonchev–Trinajstić information content (AvgIpc) is 2.71. The number of aromatic nitrogens is 2. The van der Waals surface area contributed by atoms with Crippen molar-refractivity contribution < 1.29 is 22.8 Å². The summed E-state index contributed by atoms with van der Waals surface area (Å²) in [6, 6.07) is 8.04. The highest BCUT2D eigenvalue weighted by molar-refractivity contribution is 6.04. The fraction of sp³-hybridized carbons (Fsp3) is 0.100. The van der Waals surface area contributed by atoms with Crippen molar-refractivity contribution in [3.63, 3.8) is 0 Å². The number of halogens is 3. The lowest BCUT2D eigenvalue weighted by Gasteiger charge is -2.23. The topological polar surface area (TPSA) is 116 Å². The van der Waals surface area contributed by atoms with Crippen molar-refractivity contribution in [1.82, 2.24) is 9.97 Å². The molecule has 31 heavy (non-hydrogen) atoms. The molecule has 2 amide bonds. The summed E-state index contributed by atoms with van der Waals surface area (Å²) in [5, 5.41) is 7.58. The second-order valence-electron chi connectivity index (χ2n) is 6.73. The van der Waals surface area contributed by atoms with E-state index in [2.05, 4.69) is 25.9 Å². The summed E-state index contributed by atoms with van der Waals surface area (Å²) in [7, 11) is 0. The van der Waals surface area contributed by atoms with Crippen LogP contribution in [0.3, 0.4) is 0 Å². The van der Waals surface area contributed by atoms with Crippen molar-refractivity contribution in [3.8, 4) is 0 Å².